The van der Waals surface area contributed by atoms with Crippen molar-refractivity contribution in [2.45, 2.75) is 25.8 Å². The van der Waals surface area contributed by atoms with E-state index >= 15 is 0 Å². The molecule has 2 aliphatic rings. The molecule has 0 amide bonds. The Bertz CT molecular complexity index is 616. The molecule has 0 aliphatic carbocycles. The summed E-state index contributed by atoms with van der Waals surface area (Å²) in [6.45, 7) is 11.0. The van der Waals surface area contributed by atoms with Crippen LogP contribution in [0.3, 0.4) is 0 Å². The van der Waals surface area contributed by atoms with E-state index in [0.717, 1.165) is 36.3 Å². The van der Waals surface area contributed by atoms with E-state index in [1.54, 1.807) is 6.08 Å². The number of benzene rings is 1. The van der Waals surface area contributed by atoms with Gasteiger partial charge < -0.3 is 19.9 Å². The van der Waals surface area contributed by atoms with Gasteiger partial charge in [-0.1, -0.05) is 30.9 Å². The maximum absolute atomic E-state index is 5.75. The minimum absolute atomic E-state index is 0. The molecular weight excluding hydrogens is 451 g/mol. The van der Waals surface area contributed by atoms with Crippen molar-refractivity contribution >= 4 is 29.9 Å². The number of halogens is 1. The zero-order valence-corrected chi connectivity index (χ0v) is 18.7. The Morgan fingerprint density at radius 1 is 1.30 bits per heavy atom. The van der Waals surface area contributed by atoms with Crippen LogP contribution in [0.1, 0.15) is 24.8 Å². The highest BCUT2D eigenvalue weighted by Crippen LogP contribution is 2.21. The van der Waals surface area contributed by atoms with Gasteiger partial charge in [0.1, 0.15) is 12.4 Å². The molecule has 2 saturated heterocycles. The Morgan fingerprint density at radius 3 is 2.81 bits per heavy atom. The van der Waals surface area contributed by atoms with Crippen molar-refractivity contribution in [3.8, 4) is 5.75 Å². The lowest BCUT2D eigenvalue weighted by atomic mass is 10.1. The summed E-state index contributed by atoms with van der Waals surface area (Å²) in [5.41, 5.74) is 1.14. The van der Waals surface area contributed by atoms with E-state index in [9.17, 15) is 0 Å². The number of ether oxygens (including phenoxy) is 1. The van der Waals surface area contributed by atoms with Crippen molar-refractivity contribution in [2.75, 3.05) is 46.4 Å². The van der Waals surface area contributed by atoms with E-state index in [0.29, 0.717) is 13.2 Å². The number of rotatable bonds is 7. The van der Waals surface area contributed by atoms with Crippen LogP contribution in [0.15, 0.2) is 41.9 Å². The van der Waals surface area contributed by atoms with Gasteiger partial charge in [-0.15, -0.1) is 24.0 Å². The number of hydrogen-bond donors (Lipinski definition) is 1. The molecule has 2 fully saturated rings. The van der Waals surface area contributed by atoms with Gasteiger partial charge in [0.15, 0.2) is 5.96 Å². The molecule has 1 aromatic rings. The van der Waals surface area contributed by atoms with E-state index in [4.69, 9.17) is 4.74 Å². The Kier molecular flexibility index (Phi) is 9.41. The van der Waals surface area contributed by atoms with Crippen LogP contribution in [0.5, 0.6) is 5.75 Å². The van der Waals surface area contributed by atoms with Crippen LogP contribution < -0.4 is 10.1 Å². The van der Waals surface area contributed by atoms with Gasteiger partial charge in [-0.05, 0) is 44.3 Å². The molecule has 3 rings (SSSR count). The van der Waals surface area contributed by atoms with Gasteiger partial charge >= 0.3 is 0 Å². The molecule has 150 valence electrons. The van der Waals surface area contributed by atoms with E-state index in [1.807, 2.05) is 25.2 Å². The van der Waals surface area contributed by atoms with Crippen LogP contribution in [0.4, 0.5) is 0 Å². The maximum atomic E-state index is 5.75. The Labute approximate surface area is 180 Å². The zero-order chi connectivity index (χ0) is 18.2. The maximum Gasteiger partial charge on any atom is 0.193 e. The third-order valence-corrected chi connectivity index (χ3v) is 5.28. The molecule has 1 N–H and O–H groups in total. The molecule has 5 nitrogen and oxygen atoms in total. The molecule has 0 radical (unpaired) electrons. The highest BCUT2D eigenvalue weighted by molar-refractivity contribution is 14.0. The van der Waals surface area contributed by atoms with Crippen molar-refractivity contribution in [1.82, 2.24) is 15.1 Å². The summed E-state index contributed by atoms with van der Waals surface area (Å²) in [6, 6.07) is 8.15. The molecular formula is C21H33IN4O. The van der Waals surface area contributed by atoms with Gasteiger partial charge in [-0.25, -0.2) is 0 Å². The van der Waals surface area contributed by atoms with Gasteiger partial charge in [0.05, 0.1) is 0 Å². The number of guanidine groups is 1. The van der Waals surface area contributed by atoms with Crippen molar-refractivity contribution in [2.24, 2.45) is 10.9 Å². The van der Waals surface area contributed by atoms with E-state index in [2.05, 4.69) is 32.8 Å². The fraction of sp³-hybridized carbons (Fsp3) is 0.571. The molecule has 27 heavy (non-hydrogen) atoms. The fourth-order valence-corrected chi connectivity index (χ4v) is 3.95. The smallest absolute Gasteiger partial charge is 0.193 e. The van der Waals surface area contributed by atoms with Crippen LogP contribution >= 0.6 is 24.0 Å². The molecule has 1 atom stereocenters. The first-order chi connectivity index (χ1) is 12.8. The Balaban J connectivity index is 0.00000261. The zero-order valence-electron chi connectivity index (χ0n) is 16.4. The topological polar surface area (TPSA) is 40.1 Å². The van der Waals surface area contributed by atoms with Crippen LogP contribution in [-0.4, -0.2) is 62.1 Å². The second-order valence-corrected chi connectivity index (χ2v) is 7.22. The molecule has 6 heteroatoms. The quantitative estimate of drug-likeness (QED) is 0.279. The van der Waals surface area contributed by atoms with Crippen molar-refractivity contribution < 1.29 is 4.74 Å². The fourth-order valence-electron chi connectivity index (χ4n) is 3.95. The predicted octanol–water partition coefficient (Wildman–Crippen LogP) is 3.36. The lowest BCUT2D eigenvalue weighted by Gasteiger charge is -2.23. The van der Waals surface area contributed by atoms with Crippen LogP contribution in [0.2, 0.25) is 0 Å². The summed E-state index contributed by atoms with van der Waals surface area (Å²) < 4.78 is 5.75. The number of hydrogen-bond acceptors (Lipinski definition) is 3. The molecule has 1 unspecified atom stereocenters. The number of nitrogens with one attached hydrogen (secondary N) is 1. The highest BCUT2D eigenvalue weighted by atomic mass is 127. The Morgan fingerprint density at radius 2 is 2.07 bits per heavy atom. The van der Waals surface area contributed by atoms with Gasteiger partial charge in [0.2, 0.25) is 0 Å². The molecule has 2 aliphatic heterocycles. The average Bonchev–Trinajstić information content (AvgIpc) is 3.34. The monoisotopic (exact) mass is 484 g/mol. The van der Waals surface area contributed by atoms with E-state index in [-0.39, 0.29) is 24.0 Å². The predicted molar refractivity (Wildman–Crippen MR) is 123 cm³/mol. The normalized spacial score (nSPS) is 20.4. The van der Waals surface area contributed by atoms with E-state index in [1.165, 1.54) is 38.9 Å². The lowest BCUT2D eigenvalue weighted by molar-refractivity contribution is 0.281. The minimum atomic E-state index is 0. The molecule has 0 spiro atoms. The van der Waals surface area contributed by atoms with Crippen LogP contribution in [0, 0.1) is 5.92 Å². The molecule has 1 aromatic carbocycles. The SMILES string of the molecule is C=CCOc1ccccc1CNC(=NC)N1CCC(CN2CCCC2)C1.I. The van der Waals surface area contributed by atoms with Crippen LogP contribution in [-0.2, 0) is 6.54 Å². The van der Waals surface area contributed by atoms with Gasteiger partial charge in [-0.2, -0.15) is 0 Å². The molecule has 0 bridgehead atoms. The summed E-state index contributed by atoms with van der Waals surface area (Å²) in [6.07, 6.45) is 5.77. The second-order valence-electron chi connectivity index (χ2n) is 7.22. The molecule has 0 saturated carbocycles. The molecule has 0 aromatic heterocycles. The van der Waals surface area contributed by atoms with E-state index < -0.39 is 0 Å². The first kappa shape index (κ1) is 22.0. The van der Waals surface area contributed by atoms with Gasteiger partial charge in [-0.3, -0.25) is 4.99 Å². The lowest BCUT2D eigenvalue weighted by Crippen LogP contribution is -2.40. The van der Waals surface area contributed by atoms with Gasteiger partial charge in [0.25, 0.3) is 0 Å². The summed E-state index contributed by atoms with van der Waals surface area (Å²) in [4.78, 5) is 9.52. The first-order valence-corrected chi connectivity index (χ1v) is 9.79. The van der Waals surface area contributed by atoms with Crippen molar-refractivity contribution in [3.05, 3.63) is 42.5 Å². The number of nitrogens with zero attached hydrogens (tertiary/aromatic N) is 3. The summed E-state index contributed by atoms with van der Waals surface area (Å²) in [5, 5.41) is 3.52. The summed E-state index contributed by atoms with van der Waals surface area (Å²) >= 11 is 0. The third-order valence-electron chi connectivity index (χ3n) is 5.28. The summed E-state index contributed by atoms with van der Waals surface area (Å²) in [7, 11) is 1.87. The first-order valence-electron chi connectivity index (χ1n) is 9.79. The Hall–Kier alpha value is -1.28. The second kappa shape index (κ2) is 11.5. The molecule has 2 heterocycles. The van der Waals surface area contributed by atoms with Gasteiger partial charge in [0, 0.05) is 38.8 Å². The minimum Gasteiger partial charge on any atom is -0.489 e. The largest absolute Gasteiger partial charge is 0.489 e. The van der Waals surface area contributed by atoms with Crippen molar-refractivity contribution in [3.63, 3.8) is 0 Å². The number of likely N-dealkylation sites (tertiary alicyclic amines) is 2. The third kappa shape index (κ3) is 6.38. The summed E-state index contributed by atoms with van der Waals surface area (Å²) in [5.74, 6) is 2.66. The van der Waals surface area contributed by atoms with Crippen molar-refractivity contribution in [1.29, 1.82) is 0 Å². The number of aliphatic imine (C=N–C) groups is 1. The number of para-hydroxylation sites is 1. The average molecular weight is 484 g/mol. The standard InChI is InChI=1S/C21H32N4O.HI/c1-3-14-26-20-9-5-4-8-19(20)15-23-21(22-2)25-13-10-18(17-25)16-24-11-6-7-12-24;/h3-5,8-9,18H,1,6-7,10-17H2,2H3,(H,22,23);1H. The highest BCUT2D eigenvalue weighted by Gasteiger charge is 2.27. The van der Waals surface area contributed by atoms with Crippen LogP contribution in [0.25, 0.3) is 0 Å².